The van der Waals surface area contributed by atoms with Gasteiger partial charge >= 0.3 is 10.4 Å². The van der Waals surface area contributed by atoms with Gasteiger partial charge in [-0.05, 0) is 31.0 Å². The quantitative estimate of drug-likeness (QED) is 0.0248. The number of hydrogen-bond donors (Lipinski definition) is 14. The Kier molecular flexibility index (Phi) is 25.2. The molecule has 0 radical (unpaired) electrons. The smallest absolute Gasteiger partial charge is 0.397 e. The third-order valence-electron chi connectivity index (χ3n) is 13.0. The summed E-state index contributed by atoms with van der Waals surface area (Å²) in [7, 11) is -5.16. The van der Waals surface area contributed by atoms with Gasteiger partial charge in [0.15, 0.2) is 25.2 Å². The molecule has 4 aliphatic rings. The number of amides is 4. The van der Waals surface area contributed by atoms with Gasteiger partial charge in [0.2, 0.25) is 17.7 Å². The number of nitrogens with one attached hydrogen (secondary N) is 4. The maximum absolute atomic E-state index is 13.8. The molecular formula is C48H74N4O25S. The van der Waals surface area contributed by atoms with Crippen molar-refractivity contribution in [1.29, 1.82) is 0 Å². The summed E-state index contributed by atoms with van der Waals surface area (Å²) in [6, 6.07) is -0.745. The molecule has 4 aliphatic heterocycles. The fourth-order valence-corrected chi connectivity index (χ4v) is 9.51. The molecule has 1 aromatic rings. The number of aliphatic hydroxyl groups excluding tert-OH is 9. The highest BCUT2D eigenvalue weighted by Gasteiger charge is 2.56. The van der Waals surface area contributed by atoms with Gasteiger partial charge in [-0.25, -0.2) is 4.18 Å². The van der Waals surface area contributed by atoms with E-state index >= 15 is 0 Å². The molecule has 78 heavy (non-hydrogen) atoms. The molecule has 4 saturated heterocycles. The van der Waals surface area contributed by atoms with Crippen LogP contribution in [0.25, 0.3) is 0 Å². The van der Waals surface area contributed by atoms with E-state index in [4.69, 9.17) is 37.9 Å². The van der Waals surface area contributed by atoms with E-state index in [1.54, 1.807) is 12.1 Å². The number of ether oxygens (including phenoxy) is 8. The fourth-order valence-electron chi connectivity index (χ4n) is 9.21. The standard InChI is InChI=1S/C48H74N4O25S/c1-5-6-7-8-9-10-11-12-13-17-69-27-16-14-15-26(18-27)44(64)52-33-37(60)36(59)28(19-53)72-46(33)75-41-29(20-54)73-47(34(39(41)62)50-24(3)57)76-42-30(21-55)74-48(35(40(42)63)51-25(4)58)77-43-31(22-70-78(66,67)68)71-45(65)32(38(43)61)49-23(2)56/h14-16,18,28-43,45-48,53-55,59-63,65H,5-9,12-13,17,19-22H2,1-4H3,(H,49,56)(H,50,57)(H,51,58)(H,52,64)(H,66,67,68)/t28?,29?,30?,31?,32?,33?,34?,35?,36-,37-,38?,39?,40-,41-,42-,43-,45-,46+,47+,48+/m1/s1. The van der Waals surface area contributed by atoms with Gasteiger partial charge in [0, 0.05) is 39.2 Å². The van der Waals surface area contributed by atoms with E-state index in [-0.39, 0.29) is 5.56 Å². The zero-order valence-corrected chi connectivity index (χ0v) is 44.2. The minimum atomic E-state index is -5.16. The molecule has 20 atom stereocenters. The lowest BCUT2D eigenvalue weighted by Crippen LogP contribution is -2.71. The van der Waals surface area contributed by atoms with Crippen molar-refractivity contribution in [2.24, 2.45) is 0 Å². The van der Waals surface area contributed by atoms with Crippen LogP contribution in [-0.2, 0) is 62.1 Å². The first-order chi connectivity index (χ1) is 37.0. The van der Waals surface area contributed by atoms with Gasteiger partial charge in [0.25, 0.3) is 5.91 Å². The largest absolute Gasteiger partial charge is 0.494 e. The first-order valence-electron chi connectivity index (χ1n) is 25.4. The summed E-state index contributed by atoms with van der Waals surface area (Å²) in [5.41, 5.74) is 0.0447. The maximum Gasteiger partial charge on any atom is 0.397 e. The number of hydrogen-bond acceptors (Lipinski definition) is 24. The van der Waals surface area contributed by atoms with Crippen molar-refractivity contribution in [2.75, 3.05) is 33.0 Å². The Morgan fingerprint density at radius 2 is 1.06 bits per heavy atom. The molecule has 29 nitrogen and oxygen atoms in total. The second-order valence-electron chi connectivity index (χ2n) is 19.0. The number of benzene rings is 1. The van der Waals surface area contributed by atoms with Gasteiger partial charge in [-0.2, -0.15) is 8.42 Å². The molecule has 4 heterocycles. The molecule has 5 rings (SSSR count). The van der Waals surface area contributed by atoms with E-state index in [1.807, 2.05) is 0 Å². The van der Waals surface area contributed by atoms with Crippen LogP contribution in [0.15, 0.2) is 24.3 Å². The summed E-state index contributed by atoms with van der Waals surface area (Å²) in [5, 5.41) is 109. The predicted octanol–water partition coefficient (Wildman–Crippen LogP) is -4.92. The summed E-state index contributed by atoms with van der Waals surface area (Å²) in [6.45, 7) is 1.51. The molecule has 0 aliphatic carbocycles. The minimum absolute atomic E-state index is 0.0447. The van der Waals surface area contributed by atoms with E-state index in [1.165, 1.54) is 18.6 Å². The Morgan fingerprint density at radius 3 is 1.56 bits per heavy atom. The number of carbonyl (C=O) groups is 4. The van der Waals surface area contributed by atoms with Gasteiger partial charge in [0.05, 0.1) is 33.0 Å². The van der Waals surface area contributed by atoms with E-state index in [9.17, 15) is 78.1 Å². The average Bonchev–Trinajstić information content (AvgIpc) is 3.47. The topological polar surface area (TPSA) is 436 Å². The van der Waals surface area contributed by atoms with Gasteiger partial charge in [0.1, 0.15) is 103 Å². The zero-order valence-electron chi connectivity index (χ0n) is 43.3. The SMILES string of the molecule is CCCCCCC#CCCCOc1cccc(C(=O)NC2[C@H](O[C@@H]3C(CO)O[C@@H](O[C@@H]4C(CO)O[C@@H](O[C@@H]5C(COS(=O)(=O)O)O[C@@H](O)C(NC(C)=O)C5O)C(NC(C)=O)[C@H]4O)C(NC(C)=O)C3O)OC(CO)[C@@H](O)[C@@H]2O)c1. The van der Waals surface area contributed by atoms with Crippen LogP contribution in [0.5, 0.6) is 5.75 Å². The highest BCUT2D eigenvalue weighted by Crippen LogP contribution is 2.35. The number of unbranched alkanes of at least 4 members (excludes halogenated alkanes) is 5. The zero-order chi connectivity index (χ0) is 57.4. The number of aliphatic hydroxyl groups is 9. The first kappa shape index (κ1) is 64.5. The van der Waals surface area contributed by atoms with E-state index in [0.29, 0.717) is 25.2 Å². The molecule has 10 unspecified atom stereocenters. The van der Waals surface area contributed by atoms with Crippen molar-refractivity contribution in [1.82, 2.24) is 21.3 Å². The third kappa shape index (κ3) is 17.8. The van der Waals surface area contributed by atoms with Gasteiger partial charge in [-0.1, -0.05) is 32.3 Å². The third-order valence-corrected chi connectivity index (χ3v) is 13.5. The molecule has 0 aromatic heterocycles. The number of carbonyl (C=O) groups excluding carboxylic acids is 4. The lowest BCUT2D eigenvalue weighted by molar-refractivity contribution is -0.361. The van der Waals surface area contributed by atoms with Crippen LogP contribution >= 0.6 is 0 Å². The fraction of sp³-hybridized carbons (Fsp3) is 0.750. The van der Waals surface area contributed by atoms with Crippen LogP contribution in [0.4, 0.5) is 0 Å². The molecule has 4 amide bonds. The Bertz CT molecular complexity index is 2280. The van der Waals surface area contributed by atoms with Crippen LogP contribution in [0.3, 0.4) is 0 Å². The molecule has 0 spiro atoms. The Morgan fingerprint density at radius 1 is 0.590 bits per heavy atom. The normalized spacial score (nSPS) is 35.1. The van der Waals surface area contributed by atoms with Gasteiger partial charge in [-0.15, -0.1) is 11.8 Å². The molecule has 0 saturated carbocycles. The summed E-state index contributed by atoms with van der Waals surface area (Å²) in [4.78, 5) is 51.1. The molecule has 0 bridgehead atoms. The van der Waals surface area contributed by atoms with Crippen molar-refractivity contribution in [3.8, 4) is 17.6 Å². The molecular weight excluding hydrogens is 1060 g/mol. The maximum atomic E-state index is 13.8. The second kappa shape index (κ2) is 30.5. The lowest BCUT2D eigenvalue weighted by atomic mass is 9.93. The minimum Gasteiger partial charge on any atom is -0.494 e. The van der Waals surface area contributed by atoms with Crippen LogP contribution < -0.4 is 26.0 Å². The van der Waals surface area contributed by atoms with Crippen molar-refractivity contribution in [2.45, 2.75) is 195 Å². The average molecular weight is 1140 g/mol. The Labute approximate surface area is 450 Å². The first-order valence-corrected chi connectivity index (χ1v) is 26.8. The molecule has 4 fully saturated rings. The second-order valence-corrected chi connectivity index (χ2v) is 20.1. The van der Waals surface area contributed by atoms with Crippen molar-refractivity contribution in [3.63, 3.8) is 0 Å². The molecule has 1 aromatic carbocycles. The summed E-state index contributed by atoms with van der Waals surface area (Å²) in [6.07, 6.45) is -23.1. The van der Waals surface area contributed by atoms with Crippen molar-refractivity contribution in [3.05, 3.63) is 29.8 Å². The van der Waals surface area contributed by atoms with Crippen LogP contribution in [0, 0.1) is 11.8 Å². The highest BCUT2D eigenvalue weighted by molar-refractivity contribution is 7.80. The van der Waals surface area contributed by atoms with Crippen LogP contribution in [0.2, 0.25) is 0 Å². The Hall–Kier alpha value is -4.31. The monoisotopic (exact) mass is 1140 g/mol. The molecule has 14 N–H and O–H groups in total. The van der Waals surface area contributed by atoms with Crippen LogP contribution in [-0.4, -0.2) is 238 Å². The van der Waals surface area contributed by atoms with Gasteiger partial charge in [-0.3, -0.25) is 23.7 Å². The summed E-state index contributed by atoms with van der Waals surface area (Å²) < 4.78 is 83.8. The number of rotatable bonds is 25. The summed E-state index contributed by atoms with van der Waals surface area (Å²) in [5.74, 6) is 3.39. The van der Waals surface area contributed by atoms with Gasteiger partial charge < -0.3 is 105 Å². The highest BCUT2D eigenvalue weighted by atomic mass is 32.3. The Balaban J connectivity index is 1.35. The molecule has 442 valence electrons. The summed E-state index contributed by atoms with van der Waals surface area (Å²) >= 11 is 0. The predicted molar refractivity (Wildman–Crippen MR) is 262 cm³/mol. The van der Waals surface area contributed by atoms with E-state index in [2.05, 4.69) is 44.2 Å². The van der Waals surface area contributed by atoms with E-state index in [0.717, 1.165) is 46.5 Å². The lowest BCUT2D eigenvalue weighted by Gasteiger charge is -2.51. The van der Waals surface area contributed by atoms with E-state index < -0.39 is 183 Å². The molecule has 30 heteroatoms. The van der Waals surface area contributed by atoms with Crippen molar-refractivity contribution >= 4 is 34.0 Å². The van der Waals surface area contributed by atoms with Crippen LogP contribution in [0.1, 0.15) is 83.0 Å². The van der Waals surface area contributed by atoms with Crippen molar-refractivity contribution < 1.29 is 120 Å².